The quantitative estimate of drug-likeness (QED) is 0.500. The first kappa shape index (κ1) is 25.1. The molecule has 1 atom stereocenters. The fourth-order valence-corrected chi connectivity index (χ4v) is 6.28. The van der Waals surface area contributed by atoms with Gasteiger partial charge in [-0.3, -0.25) is 4.79 Å². The smallest absolute Gasteiger partial charge is 0.407 e. The largest absolute Gasteiger partial charge is 0.480 e. The SMILES string of the molecule is CC(C)[C@H](NC(=O)CC1(NC(=O)OCC2c3ccccc3-c3ccccc32)CCSCC1)C(=O)O. The van der Waals surface area contributed by atoms with Gasteiger partial charge in [0.1, 0.15) is 12.6 Å². The van der Waals surface area contributed by atoms with Crippen LogP contribution in [0.4, 0.5) is 4.79 Å². The number of carbonyl (C=O) groups excluding carboxylic acids is 2. The van der Waals surface area contributed by atoms with E-state index in [0.717, 1.165) is 33.8 Å². The van der Waals surface area contributed by atoms with Gasteiger partial charge in [0.15, 0.2) is 0 Å². The Morgan fingerprint density at radius 3 is 2.14 bits per heavy atom. The Balaban J connectivity index is 1.42. The molecule has 4 rings (SSSR count). The molecule has 1 fully saturated rings. The zero-order valence-electron chi connectivity index (χ0n) is 20.1. The van der Waals surface area contributed by atoms with Gasteiger partial charge in [-0.05, 0) is 52.5 Å². The summed E-state index contributed by atoms with van der Waals surface area (Å²) in [7, 11) is 0. The van der Waals surface area contributed by atoms with Crippen molar-refractivity contribution in [3.8, 4) is 11.1 Å². The summed E-state index contributed by atoms with van der Waals surface area (Å²) in [5, 5.41) is 15.0. The fraction of sp³-hybridized carbons (Fsp3) is 0.444. The molecular weight excluding hydrogens is 464 g/mol. The number of ether oxygens (including phenoxy) is 1. The van der Waals surface area contributed by atoms with E-state index >= 15 is 0 Å². The number of carboxylic acid groups (broad SMARTS) is 1. The van der Waals surface area contributed by atoms with Gasteiger partial charge in [-0.25, -0.2) is 9.59 Å². The van der Waals surface area contributed by atoms with Crippen LogP contribution in [0.3, 0.4) is 0 Å². The lowest BCUT2D eigenvalue weighted by atomic mass is 9.88. The maximum atomic E-state index is 13.0. The molecule has 0 saturated carbocycles. The summed E-state index contributed by atoms with van der Waals surface area (Å²) in [6, 6.07) is 15.3. The molecule has 0 spiro atoms. The second-order valence-corrected chi connectivity index (χ2v) is 10.9. The highest BCUT2D eigenvalue weighted by Gasteiger charge is 2.38. The van der Waals surface area contributed by atoms with Gasteiger partial charge in [-0.2, -0.15) is 11.8 Å². The van der Waals surface area contributed by atoms with E-state index in [0.29, 0.717) is 12.8 Å². The van der Waals surface area contributed by atoms with Crippen molar-refractivity contribution < 1.29 is 24.2 Å². The molecule has 7 nitrogen and oxygen atoms in total. The molecule has 2 amide bonds. The van der Waals surface area contributed by atoms with Crippen LogP contribution in [0, 0.1) is 5.92 Å². The molecule has 2 aromatic carbocycles. The average Bonchev–Trinajstić information content (AvgIpc) is 3.15. The van der Waals surface area contributed by atoms with Crippen LogP contribution in [0.5, 0.6) is 0 Å². The van der Waals surface area contributed by atoms with Crippen LogP contribution < -0.4 is 10.6 Å². The molecule has 1 saturated heterocycles. The van der Waals surface area contributed by atoms with Gasteiger partial charge in [0, 0.05) is 12.3 Å². The van der Waals surface area contributed by atoms with Gasteiger partial charge < -0.3 is 20.5 Å². The predicted molar refractivity (Wildman–Crippen MR) is 137 cm³/mol. The summed E-state index contributed by atoms with van der Waals surface area (Å²) in [5.74, 6) is -0.114. The zero-order chi connectivity index (χ0) is 25.0. The van der Waals surface area contributed by atoms with E-state index < -0.39 is 23.6 Å². The van der Waals surface area contributed by atoms with Crippen LogP contribution in [0.25, 0.3) is 11.1 Å². The van der Waals surface area contributed by atoms with Crippen molar-refractivity contribution >= 4 is 29.7 Å². The van der Waals surface area contributed by atoms with Crippen molar-refractivity contribution in [2.45, 2.75) is 50.6 Å². The Morgan fingerprint density at radius 1 is 1.03 bits per heavy atom. The molecule has 8 heteroatoms. The lowest BCUT2D eigenvalue weighted by Gasteiger charge is -2.37. The third-order valence-electron chi connectivity index (χ3n) is 6.91. The molecule has 1 aliphatic carbocycles. The van der Waals surface area contributed by atoms with Crippen LogP contribution in [-0.2, 0) is 14.3 Å². The predicted octanol–water partition coefficient (Wildman–Crippen LogP) is 4.41. The first-order valence-electron chi connectivity index (χ1n) is 12.0. The van der Waals surface area contributed by atoms with Crippen LogP contribution in [0.1, 0.15) is 50.2 Å². The Morgan fingerprint density at radius 2 is 1.60 bits per heavy atom. The summed E-state index contributed by atoms with van der Waals surface area (Å²) < 4.78 is 5.72. The number of carboxylic acids is 1. The fourth-order valence-electron chi connectivity index (χ4n) is 5.00. The van der Waals surface area contributed by atoms with E-state index in [-0.39, 0.29) is 30.8 Å². The van der Waals surface area contributed by atoms with Crippen molar-refractivity contribution in [1.82, 2.24) is 10.6 Å². The second kappa shape index (κ2) is 10.7. The molecule has 1 heterocycles. The Kier molecular flexibility index (Phi) is 7.69. The molecule has 35 heavy (non-hydrogen) atoms. The third-order valence-corrected chi connectivity index (χ3v) is 7.89. The Bertz CT molecular complexity index is 1050. The molecule has 1 aliphatic heterocycles. The molecule has 0 radical (unpaired) electrons. The van der Waals surface area contributed by atoms with E-state index in [2.05, 4.69) is 34.9 Å². The molecule has 0 aromatic heterocycles. The molecular formula is C27H32N2O5S. The highest BCUT2D eigenvalue weighted by Crippen LogP contribution is 2.44. The molecule has 2 aliphatic rings. The van der Waals surface area contributed by atoms with E-state index in [4.69, 9.17) is 4.74 Å². The molecule has 2 aromatic rings. The average molecular weight is 497 g/mol. The Labute approximate surface area is 210 Å². The standard InChI is InChI=1S/C27H32N2O5S/c1-17(2)24(25(31)32)28-23(30)15-27(11-13-35-14-12-27)29-26(33)34-16-22-20-9-5-3-7-18(20)19-8-4-6-10-21(19)22/h3-10,17,22,24H,11-16H2,1-2H3,(H,28,30)(H,29,33)(H,31,32)/t24-/m0/s1. The minimum Gasteiger partial charge on any atom is -0.480 e. The highest BCUT2D eigenvalue weighted by molar-refractivity contribution is 7.99. The van der Waals surface area contributed by atoms with Crippen molar-refractivity contribution in [1.29, 1.82) is 0 Å². The lowest BCUT2D eigenvalue weighted by molar-refractivity contribution is -0.143. The van der Waals surface area contributed by atoms with Gasteiger partial charge in [-0.1, -0.05) is 62.4 Å². The number of hydrogen-bond donors (Lipinski definition) is 3. The van der Waals surface area contributed by atoms with Crippen molar-refractivity contribution in [3.05, 3.63) is 59.7 Å². The van der Waals surface area contributed by atoms with Crippen LogP contribution in [0.2, 0.25) is 0 Å². The van der Waals surface area contributed by atoms with Gasteiger partial charge in [-0.15, -0.1) is 0 Å². The molecule has 186 valence electrons. The van der Waals surface area contributed by atoms with Gasteiger partial charge in [0.05, 0.1) is 5.54 Å². The zero-order valence-corrected chi connectivity index (χ0v) is 20.9. The van der Waals surface area contributed by atoms with E-state index in [9.17, 15) is 19.5 Å². The number of carbonyl (C=O) groups is 3. The highest BCUT2D eigenvalue weighted by atomic mass is 32.2. The molecule has 0 bridgehead atoms. The van der Waals surface area contributed by atoms with Crippen molar-refractivity contribution in [3.63, 3.8) is 0 Å². The monoisotopic (exact) mass is 496 g/mol. The minimum atomic E-state index is -1.06. The number of fused-ring (bicyclic) bond motifs is 3. The number of aliphatic carboxylic acids is 1. The lowest BCUT2D eigenvalue weighted by Crippen LogP contribution is -2.55. The maximum absolute atomic E-state index is 13.0. The molecule has 0 unspecified atom stereocenters. The van der Waals surface area contributed by atoms with E-state index in [1.54, 1.807) is 25.6 Å². The topological polar surface area (TPSA) is 105 Å². The number of alkyl carbamates (subject to hydrolysis) is 1. The first-order chi connectivity index (χ1) is 16.8. The minimum absolute atomic E-state index is 0.0221. The number of benzene rings is 2. The number of amides is 2. The first-order valence-corrected chi connectivity index (χ1v) is 13.2. The summed E-state index contributed by atoms with van der Waals surface area (Å²) in [5.41, 5.74) is 3.84. The third kappa shape index (κ3) is 5.64. The number of nitrogens with one attached hydrogen (secondary N) is 2. The number of rotatable bonds is 8. The van der Waals surface area contributed by atoms with Crippen LogP contribution in [0.15, 0.2) is 48.5 Å². The summed E-state index contributed by atoms with van der Waals surface area (Å²) in [6.07, 6.45) is 0.711. The maximum Gasteiger partial charge on any atom is 0.407 e. The van der Waals surface area contributed by atoms with Gasteiger partial charge in [0.25, 0.3) is 0 Å². The summed E-state index contributed by atoms with van der Waals surface area (Å²) in [6.45, 7) is 3.70. The van der Waals surface area contributed by atoms with Crippen LogP contribution >= 0.6 is 11.8 Å². The van der Waals surface area contributed by atoms with Crippen molar-refractivity contribution in [2.24, 2.45) is 5.92 Å². The Hall–Kier alpha value is -3.00. The normalized spacial score (nSPS) is 17.2. The van der Waals surface area contributed by atoms with Gasteiger partial charge in [0.2, 0.25) is 5.91 Å². The summed E-state index contributed by atoms with van der Waals surface area (Å²) >= 11 is 1.78. The van der Waals surface area contributed by atoms with Gasteiger partial charge >= 0.3 is 12.1 Å². The van der Waals surface area contributed by atoms with E-state index in [1.165, 1.54) is 0 Å². The van der Waals surface area contributed by atoms with E-state index in [1.807, 2.05) is 24.3 Å². The number of hydrogen-bond acceptors (Lipinski definition) is 5. The summed E-state index contributed by atoms with van der Waals surface area (Å²) in [4.78, 5) is 37.2. The second-order valence-electron chi connectivity index (χ2n) is 9.65. The van der Waals surface area contributed by atoms with Crippen molar-refractivity contribution in [2.75, 3.05) is 18.1 Å². The van der Waals surface area contributed by atoms with Crippen LogP contribution in [-0.4, -0.2) is 52.8 Å². The molecule has 3 N–H and O–H groups in total. The number of thioether (sulfide) groups is 1.